The summed E-state index contributed by atoms with van der Waals surface area (Å²) in [4.78, 5) is 4.78. The van der Waals surface area contributed by atoms with Crippen molar-refractivity contribution in [2.75, 3.05) is 26.4 Å². The third-order valence-electron chi connectivity index (χ3n) is 6.85. The predicted molar refractivity (Wildman–Crippen MR) is 120 cm³/mol. The van der Waals surface area contributed by atoms with Crippen molar-refractivity contribution in [1.29, 1.82) is 0 Å². The summed E-state index contributed by atoms with van der Waals surface area (Å²) in [6.45, 7) is 4.14. The van der Waals surface area contributed by atoms with Crippen LogP contribution in [0.4, 0.5) is 0 Å². The number of nitrogens with zero attached hydrogens (tertiary/aromatic N) is 1. The Kier molecular flexibility index (Phi) is 5.55. The summed E-state index contributed by atoms with van der Waals surface area (Å²) < 4.78 is 12.0. The van der Waals surface area contributed by atoms with Crippen molar-refractivity contribution in [3.05, 3.63) is 78.1 Å². The van der Waals surface area contributed by atoms with Crippen LogP contribution < -0.4 is 5.32 Å². The second kappa shape index (κ2) is 8.46. The minimum atomic E-state index is -0.131. The van der Waals surface area contributed by atoms with Crippen molar-refractivity contribution in [2.24, 2.45) is 0 Å². The molecule has 2 aliphatic rings. The van der Waals surface area contributed by atoms with E-state index in [4.69, 9.17) is 14.5 Å². The first-order chi connectivity index (χ1) is 14.8. The molecule has 3 aromatic rings. The molecule has 4 heteroatoms. The summed E-state index contributed by atoms with van der Waals surface area (Å²) in [5, 5.41) is 6.28. The average Bonchev–Trinajstić information content (AvgIpc) is 3.24. The number of hydrogen-bond acceptors (Lipinski definition) is 4. The second-order valence-electron chi connectivity index (χ2n) is 8.86. The number of pyridine rings is 1. The first-order valence-corrected chi connectivity index (χ1v) is 11.1. The van der Waals surface area contributed by atoms with E-state index >= 15 is 0 Å². The Bertz CT molecular complexity index is 985. The van der Waals surface area contributed by atoms with Gasteiger partial charge in [0.2, 0.25) is 0 Å². The Hall–Kier alpha value is -2.27. The normalized spacial score (nSPS) is 26.4. The molecule has 1 spiro atoms. The lowest BCUT2D eigenvalue weighted by atomic mass is 9.68. The van der Waals surface area contributed by atoms with E-state index in [9.17, 15) is 0 Å². The average molecular weight is 403 g/mol. The van der Waals surface area contributed by atoms with Crippen LogP contribution in [0.15, 0.2) is 66.9 Å². The van der Waals surface area contributed by atoms with Crippen molar-refractivity contribution >= 4 is 10.8 Å². The molecule has 1 unspecified atom stereocenters. The fourth-order valence-electron chi connectivity index (χ4n) is 5.21. The maximum Gasteiger partial charge on any atom is 0.0945 e. The van der Waals surface area contributed by atoms with Gasteiger partial charge in [0.05, 0.1) is 12.2 Å². The van der Waals surface area contributed by atoms with Gasteiger partial charge >= 0.3 is 0 Å². The Morgan fingerprint density at radius 3 is 2.67 bits per heavy atom. The van der Waals surface area contributed by atoms with Gasteiger partial charge in [0.1, 0.15) is 0 Å². The molecule has 2 saturated heterocycles. The Balaban J connectivity index is 1.28. The predicted octanol–water partition coefficient (Wildman–Crippen LogP) is 4.62. The molecule has 5 rings (SSSR count). The molecule has 0 amide bonds. The lowest BCUT2D eigenvalue weighted by molar-refractivity contribution is -0.109. The standard InChI is InChI=1S/C26H30N2O2/c1-2-6-23-17-21(8-9-22(23)5-1)18-27-14-10-25(24-7-3-4-13-28-24)11-16-30-26(19-25)12-15-29-20-26/h1-9,13,17,27H,10-12,14-16,18-20H2/t25-,26?/m1/s1. The second-order valence-corrected chi connectivity index (χ2v) is 8.86. The molecular weight excluding hydrogens is 372 g/mol. The molecule has 1 N–H and O–H groups in total. The van der Waals surface area contributed by atoms with Gasteiger partial charge in [0, 0.05) is 43.5 Å². The van der Waals surface area contributed by atoms with E-state index in [0.717, 1.165) is 52.0 Å². The molecule has 30 heavy (non-hydrogen) atoms. The smallest absolute Gasteiger partial charge is 0.0945 e. The maximum atomic E-state index is 6.25. The number of aromatic nitrogens is 1. The molecule has 3 heterocycles. The van der Waals surface area contributed by atoms with Gasteiger partial charge in [-0.05, 0) is 60.3 Å². The summed E-state index contributed by atoms with van der Waals surface area (Å²) in [5.41, 5.74) is 2.44. The highest BCUT2D eigenvalue weighted by Crippen LogP contribution is 2.46. The van der Waals surface area contributed by atoms with Crippen molar-refractivity contribution in [1.82, 2.24) is 10.3 Å². The highest BCUT2D eigenvalue weighted by atomic mass is 16.6. The van der Waals surface area contributed by atoms with Gasteiger partial charge in [0.15, 0.2) is 0 Å². The van der Waals surface area contributed by atoms with E-state index in [1.54, 1.807) is 0 Å². The SMILES string of the molecule is c1ccc([C@]2(CCNCc3ccc4ccccc4c3)CCOC3(CCOC3)C2)nc1. The molecule has 4 nitrogen and oxygen atoms in total. The number of fused-ring (bicyclic) bond motifs is 1. The van der Waals surface area contributed by atoms with E-state index in [2.05, 4.69) is 59.9 Å². The van der Waals surface area contributed by atoms with Gasteiger partial charge in [-0.25, -0.2) is 0 Å². The van der Waals surface area contributed by atoms with Crippen LogP contribution in [0.1, 0.15) is 36.9 Å². The first-order valence-electron chi connectivity index (χ1n) is 11.1. The van der Waals surface area contributed by atoms with Gasteiger partial charge in [-0.3, -0.25) is 4.98 Å². The van der Waals surface area contributed by atoms with Crippen LogP contribution in [-0.2, 0) is 21.4 Å². The van der Waals surface area contributed by atoms with Gasteiger partial charge in [0.25, 0.3) is 0 Å². The van der Waals surface area contributed by atoms with Gasteiger partial charge < -0.3 is 14.8 Å². The lowest BCUT2D eigenvalue weighted by Gasteiger charge is -2.45. The molecule has 2 aromatic carbocycles. The van der Waals surface area contributed by atoms with Crippen molar-refractivity contribution in [3.63, 3.8) is 0 Å². The molecule has 2 fully saturated rings. The van der Waals surface area contributed by atoms with Crippen LogP contribution in [0.3, 0.4) is 0 Å². The molecular formula is C26H30N2O2. The van der Waals surface area contributed by atoms with E-state index in [0.29, 0.717) is 6.61 Å². The number of hydrogen-bond donors (Lipinski definition) is 1. The van der Waals surface area contributed by atoms with E-state index < -0.39 is 0 Å². The number of rotatable bonds is 6. The Labute approximate surface area is 178 Å². The monoisotopic (exact) mass is 402 g/mol. The molecule has 1 aromatic heterocycles. The highest BCUT2D eigenvalue weighted by Gasteiger charge is 2.49. The largest absolute Gasteiger partial charge is 0.378 e. The lowest BCUT2D eigenvalue weighted by Crippen LogP contribution is -2.49. The molecule has 0 radical (unpaired) electrons. The summed E-state index contributed by atoms with van der Waals surface area (Å²) in [7, 11) is 0. The highest BCUT2D eigenvalue weighted by molar-refractivity contribution is 5.82. The first kappa shape index (κ1) is 19.7. The van der Waals surface area contributed by atoms with E-state index in [1.807, 2.05) is 12.3 Å². The minimum Gasteiger partial charge on any atom is -0.378 e. The summed E-state index contributed by atoms with van der Waals surface area (Å²) in [6, 6.07) is 21.6. The Morgan fingerprint density at radius 2 is 1.83 bits per heavy atom. The zero-order valence-electron chi connectivity index (χ0n) is 17.5. The minimum absolute atomic E-state index is 0.0452. The Morgan fingerprint density at radius 1 is 0.933 bits per heavy atom. The van der Waals surface area contributed by atoms with Crippen LogP contribution in [0.5, 0.6) is 0 Å². The quantitative estimate of drug-likeness (QED) is 0.611. The molecule has 2 atom stereocenters. The van der Waals surface area contributed by atoms with Gasteiger partial charge in [-0.2, -0.15) is 0 Å². The molecule has 156 valence electrons. The van der Waals surface area contributed by atoms with E-state index in [1.165, 1.54) is 22.0 Å². The van der Waals surface area contributed by atoms with Crippen molar-refractivity contribution in [3.8, 4) is 0 Å². The topological polar surface area (TPSA) is 43.4 Å². The van der Waals surface area contributed by atoms with Crippen LogP contribution in [-0.4, -0.2) is 37.0 Å². The van der Waals surface area contributed by atoms with Crippen molar-refractivity contribution < 1.29 is 9.47 Å². The number of nitrogens with one attached hydrogen (secondary N) is 1. The number of ether oxygens (including phenoxy) is 2. The van der Waals surface area contributed by atoms with Crippen LogP contribution >= 0.6 is 0 Å². The van der Waals surface area contributed by atoms with Crippen LogP contribution in [0.25, 0.3) is 10.8 Å². The van der Waals surface area contributed by atoms with Crippen LogP contribution in [0.2, 0.25) is 0 Å². The van der Waals surface area contributed by atoms with Gasteiger partial charge in [-0.1, -0.05) is 42.5 Å². The zero-order valence-corrected chi connectivity index (χ0v) is 17.5. The third-order valence-corrected chi connectivity index (χ3v) is 6.85. The third kappa shape index (κ3) is 4.00. The summed E-state index contributed by atoms with van der Waals surface area (Å²) in [5.74, 6) is 0. The van der Waals surface area contributed by atoms with Gasteiger partial charge in [-0.15, -0.1) is 0 Å². The maximum absolute atomic E-state index is 6.25. The van der Waals surface area contributed by atoms with E-state index in [-0.39, 0.29) is 11.0 Å². The van der Waals surface area contributed by atoms with Crippen molar-refractivity contribution in [2.45, 2.75) is 43.2 Å². The number of benzene rings is 2. The summed E-state index contributed by atoms with van der Waals surface area (Å²) in [6.07, 6.45) is 5.99. The van der Waals surface area contributed by atoms with Crippen LogP contribution in [0, 0.1) is 0 Å². The molecule has 0 bridgehead atoms. The molecule has 2 aliphatic heterocycles. The zero-order chi connectivity index (χ0) is 20.3. The molecule has 0 aliphatic carbocycles. The molecule has 0 saturated carbocycles. The summed E-state index contributed by atoms with van der Waals surface area (Å²) >= 11 is 0. The fraction of sp³-hybridized carbons (Fsp3) is 0.423. The fourth-order valence-corrected chi connectivity index (χ4v) is 5.21.